The van der Waals surface area contributed by atoms with Gasteiger partial charge in [-0.3, -0.25) is 0 Å². The van der Waals surface area contributed by atoms with E-state index in [0.29, 0.717) is 18.1 Å². The Hall–Kier alpha value is -1.80. The molecule has 0 aromatic carbocycles. The number of carbonyl (C=O) groups is 1. The van der Waals surface area contributed by atoms with Gasteiger partial charge in [0.15, 0.2) is 0 Å². The molecule has 0 saturated carbocycles. The number of allylic oxidation sites excluding steroid dienone is 1. The fourth-order valence-electron chi connectivity index (χ4n) is 2.89. The second-order valence-electron chi connectivity index (χ2n) is 6.02. The average Bonchev–Trinajstić information content (AvgIpc) is 3.27. The molecule has 6 nitrogen and oxygen atoms in total. The summed E-state index contributed by atoms with van der Waals surface area (Å²) >= 11 is 3.26. The van der Waals surface area contributed by atoms with Gasteiger partial charge in [-0.15, -0.1) is 16.4 Å². The van der Waals surface area contributed by atoms with Gasteiger partial charge in [0, 0.05) is 16.3 Å². The number of nitrogens with zero attached hydrogens (tertiary/aromatic N) is 3. The molecular formula is C18H24N4O2S2. The van der Waals surface area contributed by atoms with E-state index in [-0.39, 0.29) is 12.0 Å². The van der Waals surface area contributed by atoms with Crippen molar-refractivity contribution in [3.63, 3.8) is 0 Å². The van der Waals surface area contributed by atoms with Gasteiger partial charge in [-0.2, -0.15) is 4.98 Å². The molecule has 1 atom stereocenters. The predicted molar refractivity (Wildman–Crippen MR) is 106 cm³/mol. The number of hydrogen-bond donors (Lipinski definition) is 1. The summed E-state index contributed by atoms with van der Waals surface area (Å²) in [7, 11) is 0. The third-order valence-corrected chi connectivity index (χ3v) is 5.97. The van der Waals surface area contributed by atoms with Gasteiger partial charge in [0.1, 0.15) is 6.04 Å². The van der Waals surface area contributed by atoms with Gasteiger partial charge in [0.2, 0.25) is 11.1 Å². The Labute approximate surface area is 162 Å². The molecule has 2 aromatic rings. The minimum Gasteiger partial charge on any atom is -0.463 e. The van der Waals surface area contributed by atoms with Crippen LogP contribution >= 0.6 is 23.1 Å². The lowest BCUT2D eigenvalue weighted by atomic mass is 10.0. The van der Waals surface area contributed by atoms with Crippen molar-refractivity contribution in [2.24, 2.45) is 0 Å². The molecular weight excluding hydrogens is 368 g/mol. The minimum absolute atomic E-state index is 0.303. The molecule has 0 bridgehead atoms. The van der Waals surface area contributed by atoms with Crippen molar-refractivity contribution in [2.75, 3.05) is 17.7 Å². The third-order valence-electron chi connectivity index (χ3n) is 4.12. The molecule has 2 aromatic heterocycles. The minimum atomic E-state index is -0.311. The first-order chi connectivity index (χ1) is 12.7. The number of rotatable bonds is 8. The zero-order valence-electron chi connectivity index (χ0n) is 15.3. The number of aromatic nitrogens is 3. The summed E-state index contributed by atoms with van der Waals surface area (Å²) in [6.45, 7) is 6.24. The SMILES string of the molecule is CCCCCSc1nc2n(n1)[C@@H](c1cccs1)C(C(=O)OCC)=C(C)N2. The molecule has 0 amide bonds. The summed E-state index contributed by atoms with van der Waals surface area (Å²) < 4.78 is 7.11. The van der Waals surface area contributed by atoms with Crippen LogP contribution in [-0.2, 0) is 9.53 Å². The first kappa shape index (κ1) is 19.0. The molecule has 3 heterocycles. The summed E-state index contributed by atoms with van der Waals surface area (Å²) in [5.41, 5.74) is 1.36. The second kappa shape index (κ2) is 8.73. The summed E-state index contributed by atoms with van der Waals surface area (Å²) in [6.07, 6.45) is 3.56. The number of anilines is 1. The van der Waals surface area contributed by atoms with Gasteiger partial charge in [0.25, 0.3) is 0 Å². The van der Waals surface area contributed by atoms with E-state index < -0.39 is 0 Å². The number of carbonyl (C=O) groups excluding carboxylic acids is 1. The number of unbranched alkanes of at least 4 members (excludes halogenated alkanes) is 2. The van der Waals surface area contributed by atoms with Crippen molar-refractivity contribution < 1.29 is 9.53 Å². The molecule has 0 spiro atoms. The number of thioether (sulfide) groups is 1. The number of esters is 1. The Morgan fingerprint density at radius 3 is 2.96 bits per heavy atom. The summed E-state index contributed by atoms with van der Waals surface area (Å²) in [5, 5.41) is 10.7. The standard InChI is InChI=1S/C18H24N4O2S2/c1-4-6-7-10-26-18-20-17-19-12(3)14(16(23)24-5-2)15(22(17)21-18)13-9-8-11-25-13/h8-9,11,15H,4-7,10H2,1-3H3,(H,19,20,21)/t15-/m0/s1. The van der Waals surface area contributed by atoms with Crippen molar-refractivity contribution in [2.45, 2.75) is 51.2 Å². The first-order valence-electron chi connectivity index (χ1n) is 8.93. The highest BCUT2D eigenvalue weighted by Gasteiger charge is 2.35. The Balaban J connectivity index is 1.92. The van der Waals surface area contributed by atoms with E-state index >= 15 is 0 Å². The Morgan fingerprint density at radius 1 is 1.42 bits per heavy atom. The zero-order valence-corrected chi connectivity index (χ0v) is 17.0. The molecule has 0 aliphatic carbocycles. The van der Waals surface area contributed by atoms with Crippen molar-refractivity contribution in [3.8, 4) is 0 Å². The van der Waals surface area contributed by atoms with Gasteiger partial charge >= 0.3 is 5.97 Å². The van der Waals surface area contributed by atoms with E-state index in [1.54, 1.807) is 23.1 Å². The maximum atomic E-state index is 12.6. The first-order valence-corrected chi connectivity index (χ1v) is 10.8. The van der Waals surface area contributed by atoms with Crippen LogP contribution in [0.15, 0.2) is 33.9 Å². The van der Waals surface area contributed by atoms with E-state index in [0.717, 1.165) is 27.9 Å². The van der Waals surface area contributed by atoms with Crippen LogP contribution in [0, 0.1) is 0 Å². The van der Waals surface area contributed by atoms with Crippen LogP contribution in [0.5, 0.6) is 0 Å². The topological polar surface area (TPSA) is 69.0 Å². The molecule has 3 rings (SSSR count). The number of nitrogens with one attached hydrogen (secondary N) is 1. The molecule has 26 heavy (non-hydrogen) atoms. The highest BCUT2D eigenvalue weighted by atomic mass is 32.2. The van der Waals surface area contributed by atoms with E-state index in [4.69, 9.17) is 4.74 Å². The van der Waals surface area contributed by atoms with Crippen LogP contribution in [0.4, 0.5) is 5.95 Å². The van der Waals surface area contributed by atoms with Crippen molar-refractivity contribution in [1.82, 2.24) is 14.8 Å². The van der Waals surface area contributed by atoms with Crippen LogP contribution in [0.1, 0.15) is 51.0 Å². The molecule has 8 heteroatoms. The van der Waals surface area contributed by atoms with Crippen LogP contribution in [-0.4, -0.2) is 33.1 Å². The van der Waals surface area contributed by atoms with E-state index in [9.17, 15) is 4.79 Å². The molecule has 0 unspecified atom stereocenters. The van der Waals surface area contributed by atoms with Crippen LogP contribution in [0.3, 0.4) is 0 Å². The second-order valence-corrected chi connectivity index (χ2v) is 8.06. The average molecular weight is 393 g/mol. The third kappa shape index (κ3) is 3.96. The number of ether oxygens (including phenoxy) is 1. The quantitative estimate of drug-likeness (QED) is 0.406. The normalized spacial score (nSPS) is 16.3. The predicted octanol–water partition coefficient (Wildman–Crippen LogP) is 4.47. The maximum Gasteiger partial charge on any atom is 0.338 e. The van der Waals surface area contributed by atoms with Crippen molar-refractivity contribution in [1.29, 1.82) is 0 Å². The lowest BCUT2D eigenvalue weighted by Crippen LogP contribution is -2.29. The molecule has 140 valence electrons. The zero-order chi connectivity index (χ0) is 18.5. The van der Waals surface area contributed by atoms with Crippen LogP contribution in [0.25, 0.3) is 0 Å². The highest BCUT2D eigenvalue weighted by Crippen LogP contribution is 2.38. The van der Waals surface area contributed by atoms with E-state index in [1.807, 2.05) is 36.0 Å². The van der Waals surface area contributed by atoms with Crippen LogP contribution in [0.2, 0.25) is 0 Å². The largest absolute Gasteiger partial charge is 0.463 e. The van der Waals surface area contributed by atoms with Gasteiger partial charge in [-0.25, -0.2) is 9.48 Å². The molecule has 0 fully saturated rings. The number of hydrogen-bond acceptors (Lipinski definition) is 7. The highest BCUT2D eigenvalue weighted by molar-refractivity contribution is 7.99. The van der Waals surface area contributed by atoms with Gasteiger partial charge < -0.3 is 10.1 Å². The van der Waals surface area contributed by atoms with Crippen LogP contribution < -0.4 is 5.32 Å². The molecule has 0 saturated heterocycles. The van der Waals surface area contributed by atoms with Gasteiger partial charge in [0.05, 0.1) is 12.2 Å². The fraction of sp³-hybridized carbons (Fsp3) is 0.500. The summed E-state index contributed by atoms with van der Waals surface area (Å²) in [5.74, 6) is 1.36. The Kier molecular flexibility index (Phi) is 6.37. The lowest BCUT2D eigenvalue weighted by molar-refractivity contribution is -0.139. The maximum absolute atomic E-state index is 12.6. The Bertz CT molecular complexity index is 783. The molecule has 0 radical (unpaired) electrons. The summed E-state index contributed by atoms with van der Waals surface area (Å²) in [4.78, 5) is 18.3. The van der Waals surface area contributed by atoms with E-state index in [1.165, 1.54) is 12.8 Å². The monoisotopic (exact) mass is 392 g/mol. The van der Waals surface area contributed by atoms with Gasteiger partial charge in [-0.05, 0) is 31.7 Å². The smallest absolute Gasteiger partial charge is 0.338 e. The Morgan fingerprint density at radius 2 is 2.27 bits per heavy atom. The van der Waals surface area contributed by atoms with Gasteiger partial charge in [-0.1, -0.05) is 37.6 Å². The molecule has 1 aliphatic heterocycles. The van der Waals surface area contributed by atoms with E-state index in [2.05, 4.69) is 22.3 Å². The molecule has 1 N–H and O–H groups in total. The van der Waals surface area contributed by atoms with Crippen molar-refractivity contribution >= 4 is 35.0 Å². The number of fused-ring (bicyclic) bond motifs is 1. The lowest BCUT2D eigenvalue weighted by Gasteiger charge is -2.26. The fourth-order valence-corrected chi connectivity index (χ4v) is 4.54. The van der Waals surface area contributed by atoms with Crippen molar-refractivity contribution in [3.05, 3.63) is 33.7 Å². The molecule has 1 aliphatic rings. The summed E-state index contributed by atoms with van der Waals surface area (Å²) in [6, 6.07) is 3.70. The number of thiophene rings is 1.